The molecule has 1 aliphatic heterocycles. The summed E-state index contributed by atoms with van der Waals surface area (Å²) in [6.45, 7) is 5.39. The number of nitrogens with one attached hydrogen (secondary N) is 1. The lowest BCUT2D eigenvalue weighted by Gasteiger charge is -2.28. The van der Waals surface area contributed by atoms with Gasteiger partial charge in [-0.05, 0) is 67.1 Å². The molecule has 0 aromatic heterocycles. The first-order valence-electron chi connectivity index (χ1n) is 9.56. The summed E-state index contributed by atoms with van der Waals surface area (Å²) >= 11 is 0. The van der Waals surface area contributed by atoms with Gasteiger partial charge in [0.1, 0.15) is 0 Å². The molecule has 26 heavy (non-hydrogen) atoms. The van der Waals surface area contributed by atoms with E-state index in [1.807, 2.05) is 24.3 Å². The van der Waals surface area contributed by atoms with E-state index >= 15 is 0 Å². The van der Waals surface area contributed by atoms with E-state index in [1.165, 1.54) is 29.5 Å². The SMILES string of the molecule is CC(NC(=O)c1ccc(N2CCOCC2)cc1)c1ccc2c(c1)CCC2. The van der Waals surface area contributed by atoms with Crippen molar-refractivity contribution in [1.29, 1.82) is 0 Å². The second kappa shape index (κ2) is 7.50. The van der Waals surface area contributed by atoms with E-state index in [9.17, 15) is 4.79 Å². The van der Waals surface area contributed by atoms with Crippen molar-refractivity contribution in [2.24, 2.45) is 0 Å². The number of carbonyl (C=O) groups is 1. The molecule has 0 spiro atoms. The first-order chi connectivity index (χ1) is 12.7. The van der Waals surface area contributed by atoms with Gasteiger partial charge in [0, 0.05) is 24.3 Å². The number of amides is 1. The highest BCUT2D eigenvalue weighted by Crippen LogP contribution is 2.25. The number of aryl methyl sites for hydroxylation is 2. The average Bonchev–Trinajstić information content (AvgIpc) is 3.16. The maximum Gasteiger partial charge on any atom is 0.251 e. The Bertz CT molecular complexity index is 779. The largest absolute Gasteiger partial charge is 0.378 e. The Morgan fingerprint density at radius 1 is 1.04 bits per heavy atom. The first-order valence-corrected chi connectivity index (χ1v) is 9.56. The number of morpholine rings is 1. The van der Waals surface area contributed by atoms with E-state index in [1.54, 1.807) is 0 Å². The zero-order chi connectivity index (χ0) is 17.9. The molecule has 4 heteroatoms. The van der Waals surface area contributed by atoms with Gasteiger partial charge >= 0.3 is 0 Å². The summed E-state index contributed by atoms with van der Waals surface area (Å²) in [6.07, 6.45) is 3.59. The number of carbonyl (C=O) groups excluding carboxylic acids is 1. The van der Waals surface area contributed by atoms with Gasteiger partial charge in [-0.25, -0.2) is 0 Å². The van der Waals surface area contributed by atoms with Crippen LogP contribution in [0.15, 0.2) is 42.5 Å². The van der Waals surface area contributed by atoms with Crippen molar-refractivity contribution in [3.05, 3.63) is 64.7 Å². The second-order valence-electron chi connectivity index (χ2n) is 7.22. The lowest BCUT2D eigenvalue weighted by atomic mass is 10.0. The summed E-state index contributed by atoms with van der Waals surface area (Å²) in [6, 6.07) is 14.5. The van der Waals surface area contributed by atoms with Gasteiger partial charge in [0.25, 0.3) is 5.91 Å². The highest BCUT2D eigenvalue weighted by molar-refractivity contribution is 5.94. The Labute approximate surface area is 155 Å². The van der Waals surface area contributed by atoms with Crippen molar-refractivity contribution >= 4 is 11.6 Å². The van der Waals surface area contributed by atoms with Crippen LogP contribution >= 0.6 is 0 Å². The van der Waals surface area contributed by atoms with Gasteiger partial charge < -0.3 is 15.0 Å². The summed E-state index contributed by atoms with van der Waals surface area (Å²) in [5.74, 6) is -0.0217. The molecule has 1 fully saturated rings. The molecule has 2 aromatic carbocycles. The number of anilines is 1. The van der Waals surface area contributed by atoms with Crippen LogP contribution in [-0.2, 0) is 17.6 Å². The molecule has 1 amide bonds. The first kappa shape index (κ1) is 17.1. The van der Waals surface area contributed by atoms with Crippen molar-refractivity contribution in [3.8, 4) is 0 Å². The molecule has 2 aromatic rings. The molecule has 1 N–H and O–H groups in total. The van der Waals surface area contributed by atoms with Gasteiger partial charge in [0.15, 0.2) is 0 Å². The fourth-order valence-corrected chi connectivity index (χ4v) is 3.87. The topological polar surface area (TPSA) is 41.6 Å². The highest BCUT2D eigenvalue weighted by Gasteiger charge is 2.16. The zero-order valence-corrected chi connectivity index (χ0v) is 15.3. The van der Waals surface area contributed by atoms with E-state index in [0.717, 1.165) is 38.4 Å². The minimum Gasteiger partial charge on any atom is -0.378 e. The number of nitrogens with zero attached hydrogens (tertiary/aromatic N) is 1. The van der Waals surface area contributed by atoms with E-state index in [0.29, 0.717) is 5.56 Å². The summed E-state index contributed by atoms with van der Waals surface area (Å²) in [7, 11) is 0. The third kappa shape index (κ3) is 3.61. The predicted octanol–water partition coefficient (Wildman–Crippen LogP) is 3.50. The van der Waals surface area contributed by atoms with E-state index in [-0.39, 0.29) is 11.9 Å². The highest BCUT2D eigenvalue weighted by atomic mass is 16.5. The van der Waals surface area contributed by atoms with Crippen LogP contribution in [0.3, 0.4) is 0 Å². The van der Waals surface area contributed by atoms with Crippen molar-refractivity contribution in [2.75, 3.05) is 31.2 Å². The Hall–Kier alpha value is -2.33. The van der Waals surface area contributed by atoms with Crippen LogP contribution in [0.2, 0.25) is 0 Å². The lowest BCUT2D eigenvalue weighted by molar-refractivity contribution is 0.0940. The van der Waals surface area contributed by atoms with Crippen LogP contribution in [0.5, 0.6) is 0 Å². The molecule has 4 nitrogen and oxygen atoms in total. The molecule has 1 atom stereocenters. The number of benzene rings is 2. The third-order valence-electron chi connectivity index (χ3n) is 5.48. The van der Waals surface area contributed by atoms with Crippen LogP contribution in [0.1, 0.15) is 46.4 Å². The molecule has 0 saturated carbocycles. The summed E-state index contributed by atoms with van der Waals surface area (Å²) < 4.78 is 5.39. The number of hydrogen-bond acceptors (Lipinski definition) is 3. The summed E-state index contributed by atoms with van der Waals surface area (Å²) in [5, 5.41) is 3.13. The minimum absolute atomic E-state index is 0.00678. The van der Waals surface area contributed by atoms with Crippen molar-refractivity contribution in [2.45, 2.75) is 32.2 Å². The lowest BCUT2D eigenvalue weighted by Crippen LogP contribution is -2.36. The molecular formula is C22H26N2O2. The quantitative estimate of drug-likeness (QED) is 0.918. The number of fused-ring (bicyclic) bond motifs is 1. The molecule has 136 valence electrons. The van der Waals surface area contributed by atoms with Gasteiger partial charge in [-0.3, -0.25) is 4.79 Å². The number of hydrogen-bond donors (Lipinski definition) is 1. The molecule has 2 aliphatic rings. The van der Waals surface area contributed by atoms with Crippen LogP contribution < -0.4 is 10.2 Å². The summed E-state index contributed by atoms with van der Waals surface area (Å²) in [4.78, 5) is 14.9. The Kier molecular flexibility index (Phi) is 4.93. The van der Waals surface area contributed by atoms with E-state index in [4.69, 9.17) is 4.74 Å². The minimum atomic E-state index is -0.0217. The number of rotatable bonds is 4. The molecular weight excluding hydrogens is 324 g/mol. The van der Waals surface area contributed by atoms with Crippen LogP contribution in [-0.4, -0.2) is 32.2 Å². The number of ether oxygens (including phenoxy) is 1. The normalized spacial score (nSPS) is 17.7. The standard InChI is InChI=1S/C22H26N2O2/c1-16(19-6-5-17-3-2-4-20(17)15-19)23-22(25)18-7-9-21(10-8-18)24-11-13-26-14-12-24/h5-10,15-16H,2-4,11-14H2,1H3,(H,23,25). The molecule has 0 radical (unpaired) electrons. The molecule has 1 unspecified atom stereocenters. The monoisotopic (exact) mass is 350 g/mol. The van der Waals surface area contributed by atoms with Crippen LogP contribution in [0, 0.1) is 0 Å². The average molecular weight is 350 g/mol. The van der Waals surface area contributed by atoms with Crippen molar-refractivity contribution in [1.82, 2.24) is 5.32 Å². The van der Waals surface area contributed by atoms with Gasteiger partial charge in [-0.1, -0.05) is 18.2 Å². The van der Waals surface area contributed by atoms with Crippen molar-refractivity contribution in [3.63, 3.8) is 0 Å². The van der Waals surface area contributed by atoms with E-state index in [2.05, 4.69) is 35.3 Å². The molecule has 1 aliphatic carbocycles. The van der Waals surface area contributed by atoms with Crippen LogP contribution in [0.4, 0.5) is 5.69 Å². The Balaban J connectivity index is 1.41. The van der Waals surface area contributed by atoms with Gasteiger partial charge in [0.05, 0.1) is 19.3 Å². The second-order valence-corrected chi connectivity index (χ2v) is 7.22. The van der Waals surface area contributed by atoms with Gasteiger partial charge in [0.2, 0.25) is 0 Å². The fraction of sp³-hybridized carbons (Fsp3) is 0.409. The Morgan fingerprint density at radius 3 is 2.54 bits per heavy atom. The molecule has 1 saturated heterocycles. The van der Waals surface area contributed by atoms with E-state index < -0.39 is 0 Å². The van der Waals surface area contributed by atoms with Crippen molar-refractivity contribution < 1.29 is 9.53 Å². The zero-order valence-electron chi connectivity index (χ0n) is 15.3. The maximum atomic E-state index is 12.6. The molecule has 0 bridgehead atoms. The smallest absolute Gasteiger partial charge is 0.251 e. The van der Waals surface area contributed by atoms with Crippen LogP contribution in [0.25, 0.3) is 0 Å². The maximum absolute atomic E-state index is 12.6. The summed E-state index contributed by atoms with van der Waals surface area (Å²) in [5.41, 5.74) is 5.94. The Morgan fingerprint density at radius 2 is 1.77 bits per heavy atom. The van der Waals surface area contributed by atoms with Gasteiger partial charge in [-0.15, -0.1) is 0 Å². The fourth-order valence-electron chi connectivity index (χ4n) is 3.87. The third-order valence-corrected chi connectivity index (χ3v) is 5.48. The molecule has 1 heterocycles. The van der Waals surface area contributed by atoms with Gasteiger partial charge in [-0.2, -0.15) is 0 Å². The predicted molar refractivity (Wildman–Crippen MR) is 104 cm³/mol. The molecule has 4 rings (SSSR count).